The van der Waals surface area contributed by atoms with Crippen LogP contribution in [0.2, 0.25) is 0 Å². The molecule has 4 rings (SSSR count). The highest BCUT2D eigenvalue weighted by Crippen LogP contribution is 2.21. The van der Waals surface area contributed by atoms with Crippen LogP contribution in [-0.4, -0.2) is 21.6 Å². The molecule has 8 nitrogen and oxygen atoms in total. The van der Waals surface area contributed by atoms with E-state index in [2.05, 4.69) is 10.3 Å². The number of non-ortho nitro benzene ring substituents is 1. The van der Waals surface area contributed by atoms with Crippen LogP contribution < -0.4 is 10.9 Å². The maximum atomic E-state index is 12.2. The summed E-state index contributed by atoms with van der Waals surface area (Å²) in [7, 11) is 0. The fraction of sp³-hybridized carbons (Fsp3) is 0.0870. The number of nitro benzene ring substituents is 1. The molecule has 160 valence electrons. The largest absolute Gasteiger partial charge is 0.403 e. The Balaban J connectivity index is 1.34. The van der Waals surface area contributed by atoms with Crippen molar-refractivity contribution in [1.29, 1.82) is 0 Å². The van der Waals surface area contributed by atoms with Gasteiger partial charge in [0.15, 0.2) is 0 Å². The predicted molar refractivity (Wildman–Crippen MR) is 124 cm³/mol. The molecule has 0 aliphatic carbocycles. The van der Waals surface area contributed by atoms with Crippen LogP contribution in [0.3, 0.4) is 0 Å². The third-order valence-electron chi connectivity index (χ3n) is 4.60. The number of benzene rings is 3. The zero-order valence-electron chi connectivity index (χ0n) is 16.7. The van der Waals surface area contributed by atoms with Crippen LogP contribution in [0, 0.1) is 10.1 Å². The fourth-order valence-electron chi connectivity index (χ4n) is 3.01. The minimum atomic E-state index is -0.451. The molecule has 4 aromatic rings. The van der Waals surface area contributed by atoms with Crippen molar-refractivity contribution in [2.75, 3.05) is 11.1 Å². The Kier molecular flexibility index (Phi) is 6.27. The Morgan fingerprint density at radius 3 is 2.47 bits per heavy atom. The van der Waals surface area contributed by atoms with E-state index in [-0.39, 0.29) is 23.2 Å². The standard InChI is InChI=1S/C23H17N3O5S/c27-21(14-32-13-15-5-11-18(12-6-15)26(29)30)24-17-9-7-16(8-10-17)22-25-20-4-2-1-3-19(20)23(28)31-22/h1-12H,13-14H2,(H,24,27). The Labute approximate surface area is 186 Å². The van der Waals surface area contributed by atoms with E-state index in [4.69, 9.17) is 4.42 Å². The second-order valence-electron chi connectivity index (χ2n) is 6.87. The van der Waals surface area contributed by atoms with Gasteiger partial charge in [-0.15, -0.1) is 11.8 Å². The van der Waals surface area contributed by atoms with Crippen LogP contribution in [0.1, 0.15) is 5.56 Å². The van der Waals surface area contributed by atoms with Gasteiger partial charge in [-0.2, -0.15) is 0 Å². The van der Waals surface area contributed by atoms with Crippen LogP contribution in [0.5, 0.6) is 0 Å². The maximum absolute atomic E-state index is 12.2. The first kappa shape index (κ1) is 21.3. The topological polar surface area (TPSA) is 115 Å². The predicted octanol–water partition coefficient (Wildman–Crippen LogP) is 4.64. The fourth-order valence-corrected chi connectivity index (χ4v) is 3.80. The monoisotopic (exact) mass is 447 g/mol. The number of amides is 1. The summed E-state index contributed by atoms with van der Waals surface area (Å²) in [4.78, 5) is 39.0. The lowest BCUT2D eigenvalue weighted by Gasteiger charge is -2.07. The minimum Gasteiger partial charge on any atom is -0.403 e. The van der Waals surface area contributed by atoms with Crippen molar-refractivity contribution in [3.05, 3.63) is 98.9 Å². The number of aromatic nitrogens is 1. The second kappa shape index (κ2) is 9.44. The highest BCUT2D eigenvalue weighted by atomic mass is 32.2. The van der Waals surface area contributed by atoms with Gasteiger partial charge in [-0.25, -0.2) is 9.78 Å². The molecule has 0 spiro atoms. The van der Waals surface area contributed by atoms with E-state index in [0.29, 0.717) is 27.9 Å². The highest BCUT2D eigenvalue weighted by molar-refractivity contribution is 7.99. The molecule has 3 aromatic carbocycles. The molecule has 0 atom stereocenters. The average Bonchev–Trinajstić information content (AvgIpc) is 2.80. The Morgan fingerprint density at radius 1 is 1.03 bits per heavy atom. The zero-order valence-corrected chi connectivity index (χ0v) is 17.5. The molecule has 1 amide bonds. The van der Waals surface area contributed by atoms with Crippen molar-refractivity contribution in [2.24, 2.45) is 0 Å². The highest BCUT2D eigenvalue weighted by Gasteiger charge is 2.09. The second-order valence-corrected chi connectivity index (χ2v) is 7.85. The number of carbonyl (C=O) groups is 1. The van der Waals surface area contributed by atoms with Crippen molar-refractivity contribution in [3.8, 4) is 11.5 Å². The summed E-state index contributed by atoms with van der Waals surface area (Å²) < 4.78 is 5.32. The van der Waals surface area contributed by atoms with Crippen LogP contribution in [-0.2, 0) is 10.5 Å². The molecular formula is C23H17N3O5S. The molecule has 0 aliphatic heterocycles. The van der Waals surface area contributed by atoms with Gasteiger partial charge in [0.2, 0.25) is 11.8 Å². The van der Waals surface area contributed by atoms with E-state index in [1.807, 2.05) is 0 Å². The summed E-state index contributed by atoms with van der Waals surface area (Å²) in [6.45, 7) is 0. The van der Waals surface area contributed by atoms with Crippen molar-refractivity contribution >= 4 is 39.9 Å². The van der Waals surface area contributed by atoms with E-state index >= 15 is 0 Å². The van der Waals surface area contributed by atoms with Gasteiger partial charge in [-0.1, -0.05) is 24.3 Å². The molecule has 0 saturated carbocycles. The van der Waals surface area contributed by atoms with E-state index in [0.717, 1.165) is 5.56 Å². The lowest BCUT2D eigenvalue weighted by Crippen LogP contribution is -2.14. The molecule has 9 heteroatoms. The quantitative estimate of drug-likeness (QED) is 0.324. The first-order chi connectivity index (χ1) is 15.5. The van der Waals surface area contributed by atoms with E-state index < -0.39 is 10.5 Å². The van der Waals surface area contributed by atoms with E-state index in [9.17, 15) is 19.7 Å². The lowest BCUT2D eigenvalue weighted by molar-refractivity contribution is -0.384. The number of hydrogen-bond donors (Lipinski definition) is 1. The van der Waals surface area contributed by atoms with Gasteiger partial charge in [0.25, 0.3) is 5.69 Å². The summed E-state index contributed by atoms with van der Waals surface area (Å²) in [5.74, 6) is 0.849. The first-order valence-corrected chi connectivity index (χ1v) is 10.8. The molecule has 0 fully saturated rings. The molecule has 0 aliphatic rings. The van der Waals surface area contributed by atoms with Crippen LogP contribution in [0.25, 0.3) is 22.4 Å². The number of rotatable bonds is 7. The lowest BCUT2D eigenvalue weighted by atomic mass is 10.2. The number of nitrogens with zero attached hydrogens (tertiary/aromatic N) is 2. The summed E-state index contributed by atoms with van der Waals surface area (Å²) in [5, 5.41) is 13.9. The first-order valence-electron chi connectivity index (χ1n) is 9.61. The Bertz CT molecular complexity index is 1330. The normalized spacial score (nSPS) is 10.8. The smallest absolute Gasteiger partial charge is 0.347 e. The summed E-state index contributed by atoms with van der Waals surface area (Å²) >= 11 is 1.41. The number of anilines is 1. The van der Waals surface area contributed by atoms with Crippen LogP contribution in [0.15, 0.2) is 82.0 Å². The number of thioether (sulfide) groups is 1. The van der Waals surface area contributed by atoms with Gasteiger partial charge in [0, 0.05) is 29.1 Å². The molecule has 0 saturated heterocycles. The zero-order chi connectivity index (χ0) is 22.5. The van der Waals surface area contributed by atoms with Crippen LogP contribution >= 0.6 is 11.8 Å². The molecule has 1 N–H and O–H groups in total. The Hall–Kier alpha value is -3.98. The summed E-state index contributed by atoms with van der Waals surface area (Å²) in [6.07, 6.45) is 0. The molecule has 1 aromatic heterocycles. The average molecular weight is 447 g/mol. The number of para-hydroxylation sites is 1. The SMILES string of the molecule is O=C(CSCc1ccc([N+](=O)[O-])cc1)Nc1ccc(-c2nc3ccccc3c(=O)o2)cc1. The van der Waals surface area contributed by atoms with E-state index in [1.54, 1.807) is 60.7 Å². The number of carbonyl (C=O) groups excluding carboxylic acids is 1. The molecular weight excluding hydrogens is 430 g/mol. The van der Waals surface area contributed by atoms with Gasteiger partial charge >= 0.3 is 5.63 Å². The van der Waals surface area contributed by atoms with Gasteiger partial charge in [-0.3, -0.25) is 14.9 Å². The van der Waals surface area contributed by atoms with Crippen molar-refractivity contribution in [3.63, 3.8) is 0 Å². The number of nitrogens with one attached hydrogen (secondary N) is 1. The minimum absolute atomic E-state index is 0.0399. The third-order valence-corrected chi connectivity index (χ3v) is 5.60. The van der Waals surface area contributed by atoms with Crippen LogP contribution in [0.4, 0.5) is 11.4 Å². The van der Waals surface area contributed by atoms with Gasteiger partial charge in [-0.05, 0) is 42.0 Å². The van der Waals surface area contributed by atoms with E-state index in [1.165, 1.54) is 23.9 Å². The summed E-state index contributed by atoms with van der Waals surface area (Å²) in [5.41, 5.74) is 2.28. The third kappa shape index (κ3) is 5.01. The van der Waals surface area contributed by atoms with Gasteiger partial charge < -0.3 is 9.73 Å². The molecule has 32 heavy (non-hydrogen) atoms. The number of hydrogen-bond acceptors (Lipinski definition) is 7. The van der Waals surface area contributed by atoms with Gasteiger partial charge in [0.1, 0.15) is 0 Å². The number of fused-ring (bicyclic) bond motifs is 1. The molecule has 0 radical (unpaired) electrons. The summed E-state index contributed by atoms with van der Waals surface area (Å²) in [6, 6.07) is 20.1. The number of nitro groups is 1. The molecule has 0 bridgehead atoms. The van der Waals surface area contributed by atoms with Crippen molar-refractivity contribution in [1.82, 2.24) is 4.98 Å². The molecule has 1 heterocycles. The molecule has 0 unspecified atom stereocenters. The Morgan fingerprint density at radius 2 is 1.75 bits per heavy atom. The van der Waals surface area contributed by atoms with Crippen molar-refractivity contribution < 1.29 is 14.1 Å². The van der Waals surface area contributed by atoms with Gasteiger partial charge in [0.05, 0.1) is 21.6 Å². The maximum Gasteiger partial charge on any atom is 0.347 e. The van der Waals surface area contributed by atoms with Crippen molar-refractivity contribution in [2.45, 2.75) is 5.75 Å².